The molecule has 2 atom stereocenters. The van der Waals surface area contributed by atoms with E-state index in [4.69, 9.17) is 5.73 Å². The largest absolute Gasteiger partial charge is 0.349 e. The number of carbonyl (C=O) groups is 1. The molecular weight excluding hydrogens is 324 g/mol. The SMILES string of the molecule is CC(NC(=O)C(CN)c1ccccc1)c1ccc(S(C)(=O)=O)cc1. The number of carbonyl (C=O) groups excluding carboxylic acids is 1. The third kappa shape index (κ3) is 4.43. The second-order valence-electron chi connectivity index (χ2n) is 5.77. The summed E-state index contributed by atoms with van der Waals surface area (Å²) in [7, 11) is -3.23. The van der Waals surface area contributed by atoms with Gasteiger partial charge >= 0.3 is 0 Å². The molecule has 1 amide bonds. The standard InChI is InChI=1S/C18H22N2O3S/c1-13(14-8-10-16(11-9-14)24(2,22)23)20-18(21)17(12-19)15-6-4-3-5-7-15/h3-11,13,17H,12,19H2,1-2H3,(H,20,21). The molecule has 2 rings (SSSR count). The lowest BCUT2D eigenvalue weighted by Gasteiger charge is -2.20. The van der Waals surface area contributed by atoms with E-state index in [1.807, 2.05) is 37.3 Å². The molecule has 0 bridgehead atoms. The van der Waals surface area contributed by atoms with Crippen molar-refractivity contribution in [3.8, 4) is 0 Å². The second kappa shape index (κ2) is 7.59. The van der Waals surface area contributed by atoms with Gasteiger partial charge in [-0.2, -0.15) is 0 Å². The first-order valence-corrected chi connectivity index (χ1v) is 9.57. The topological polar surface area (TPSA) is 89.3 Å². The number of benzene rings is 2. The molecule has 24 heavy (non-hydrogen) atoms. The Balaban J connectivity index is 2.10. The van der Waals surface area contributed by atoms with Crippen molar-refractivity contribution in [2.45, 2.75) is 23.8 Å². The van der Waals surface area contributed by atoms with Gasteiger partial charge in [0.15, 0.2) is 9.84 Å². The monoisotopic (exact) mass is 346 g/mol. The summed E-state index contributed by atoms with van der Waals surface area (Å²) in [5.41, 5.74) is 7.47. The first-order valence-electron chi connectivity index (χ1n) is 7.68. The smallest absolute Gasteiger partial charge is 0.229 e. The minimum atomic E-state index is -3.23. The van der Waals surface area contributed by atoms with Gasteiger partial charge in [0.05, 0.1) is 16.9 Å². The number of hydrogen-bond acceptors (Lipinski definition) is 4. The number of rotatable bonds is 6. The van der Waals surface area contributed by atoms with Crippen LogP contribution in [0.2, 0.25) is 0 Å². The predicted octanol–water partition coefficient (Wildman–Crippen LogP) is 2.01. The number of amides is 1. The molecule has 0 aliphatic carbocycles. The van der Waals surface area contributed by atoms with Crippen LogP contribution in [0, 0.1) is 0 Å². The molecule has 0 spiro atoms. The van der Waals surface area contributed by atoms with Crippen LogP contribution in [0.25, 0.3) is 0 Å². The van der Waals surface area contributed by atoms with Gasteiger partial charge in [-0.05, 0) is 30.2 Å². The molecule has 128 valence electrons. The van der Waals surface area contributed by atoms with Crippen LogP contribution in [0.1, 0.15) is 30.0 Å². The average Bonchev–Trinajstić information content (AvgIpc) is 2.56. The third-order valence-corrected chi connectivity index (χ3v) is 5.05. The average molecular weight is 346 g/mol. The van der Waals surface area contributed by atoms with Gasteiger partial charge in [-0.25, -0.2) is 8.42 Å². The summed E-state index contributed by atoms with van der Waals surface area (Å²) in [5, 5.41) is 2.94. The minimum Gasteiger partial charge on any atom is -0.349 e. The quantitative estimate of drug-likeness (QED) is 0.837. The van der Waals surface area contributed by atoms with E-state index < -0.39 is 15.8 Å². The molecule has 6 heteroatoms. The molecule has 0 saturated carbocycles. The van der Waals surface area contributed by atoms with Crippen LogP contribution in [0.4, 0.5) is 0 Å². The highest BCUT2D eigenvalue weighted by atomic mass is 32.2. The Bertz CT molecular complexity index is 787. The first-order chi connectivity index (χ1) is 11.3. The van der Waals surface area contributed by atoms with E-state index in [2.05, 4.69) is 5.32 Å². The highest BCUT2D eigenvalue weighted by molar-refractivity contribution is 7.90. The van der Waals surface area contributed by atoms with Crippen LogP contribution in [-0.2, 0) is 14.6 Å². The Morgan fingerprint density at radius 3 is 2.12 bits per heavy atom. The van der Waals surface area contributed by atoms with Gasteiger partial charge in [-0.3, -0.25) is 4.79 Å². The van der Waals surface area contributed by atoms with Crippen molar-refractivity contribution < 1.29 is 13.2 Å². The van der Waals surface area contributed by atoms with E-state index in [0.29, 0.717) is 0 Å². The summed E-state index contributed by atoms with van der Waals surface area (Å²) >= 11 is 0. The Kier molecular flexibility index (Phi) is 5.75. The van der Waals surface area contributed by atoms with Crippen molar-refractivity contribution in [2.75, 3.05) is 12.8 Å². The fraction of sp³-hybridized carbons (Fsp3) is 0.278. The molecule has 2 aromatic rings. The molecule has 3 N–H and O–H groups in total. The molecule has 0 fully saturated rings. The fourth-order valence-electron chi connectivity index (χ4n) is 2.48. The Labute approximate surface area is 142 Å². The number of nitrogens with one attached hydrogen (secondary N) is 1. The molecule has 0 aromatic heterocycles. The molecular formula is C18H22N2O3S. The van der Waals surface area contributed by atoms with Crippen LogP contribution in [0.5, 0.6) is 0 Å². The zero-order valence-corrected chi connectivity index (χ0v) is 14.6. The van der Waals surface area contributed by atoms with E-state index in [0.717, 1.165) is 11.1 Å². The maximum atomic E-state index is 12.5. The maximum Gasteiger partial charge on any atom is 0.229 e. The second-order valence-corrected chi connectivity index (χ2v) is 7.79. The van der Waals surface area contributed by atoms with Crippen molar-refractivity contribution >= 4 is 15.7 Å². The molecule has 2 unspecified atom stereocenters. The van der Waals surface area contributed by atoms with Crippen molar-refractivity contribution in [3.05, 3.63) is 65.7 Å². The normalized spacial score (nSPS) is 14.0. The molecule has 0 radical (unpaired) electrons. The summed E-state index contributed by atoms with van der Waals surface area (Å²) < 4.78 is 23.0. The summed E-state index contributed by atoms with van der Waals surface area (Å²) in [6.07, 6.45) is 1.17. The molecule has 0 aliphatic heterocycles. The van der Waals surface area contributed by atoms with Gasteiger partial charge in [0.2, 0.25) is 5.91 Å². The molecule has 0 aliphatic rings. The zero-order valence-electron chi connectivity index (χ0n) is 13.8. The van der Waals surface area contributed by atoms with E-state index in [1.54, 1.807) is 24.3 Å². The first kappa shape index (κ1) is 18.2. The van der Waals surface area contributed by atoms with Crippen molar-refractivity contribution in [3.63, 3.8) is 0 Å². The highest BCUT2D eigenvalue weighted by Crippen LogP contribution is 2.19. The third-order valence-electron chi connectivity index (χ3n) is 3.92. The Morgan fingerprint density at radius 1 is 1.04 bits per heavy atom. The maximum absolute atomic E-state index is 12.5. The number of hydrogen-bond donors (Lipinski definition) is 2. The molecule has 2 aromatic carbocycles. The minimum absolute atomic E-state index is 0.150. The van der Waals surface area contributed by atoms with E-state index >= 15 is 0 Å². The van der Waals surface area contributed by atoms with Gasteiger partial charge in [0.1, 0.15) is 0 Å². The van der Waals surface area contributed by atoms with E-state index in [-0.39, 0.29) is 23.4 Å². The summed E-state index contributed by atoms with van der Waals surface area (Å²) in [4.78, 5) is 12.8. The molecule has 0 saturated heterocycles. The van der Waals surface area contributed by atoms with Crippen LogP contribution < -0.4 is 11.1 Å². The Hall–Kier alpha value is -2.18. The van der Waals surface area contributed by atoms with Crippen molar-refractivity contribution in [2.24, 2.45) is 5.73 Å². The van der Waals surface area contributed by atoms with Gasteiger partial charge in [-0.15, -0.1) is 0 Å². The lowest BCUT2D eigenvalue weighted by molar-refractivity contribution is -0.123. The van der Waals surface area contributed by atoms with Gasteiger partial charge < -0.3 is 11.1 Å². The summed E-state index contributed by atoms with van der Waals surface area (Å²) in [6, 6.07) is 15.7. The predicted molar refractivity (Wildman–Crippen MR) is 94.3 cm³/mol. The summed E-state index contributed by atoms with van der Waals surface area (Å²) in [6.45, 7) is 2.07. The number of sulfone groups is 1. The van der Waals surface area contributed by atoms with Gasteiger partial charge in [0.25, 0.3) is 0 Å². The number of nitrogens with two attached hydrogens (primary N) is 1. The van der Waals surface area contributed by atoms with Gasteiger partial charge in [0, 0.05) is 12.8 Å². The van der Waals surface area contributed by atoms with Crippen LogP contribution in [-0.4, -0.2) is 27.1 Å². The lowest BCUT2D eigenvalue weighted by atomic mass is 9.97. The summed E-state index contributed by atoms with van der Waals surface area (Å²) in [5.74, 6) is -0.563. The van der Waals surface area contributed by atoms with Gasteiger partial charge in [-0.1, -0.05) is 42.5 Å². The Morgan fingerprint density at radius 2 is 1.62 bits per heavy atom. The van der Waals surface area contributed by atoms with Crippen LogP contribution >= 0.6 is 0 Å². The molecule has 5 nitrogen and oxygen atoms in total. The van der Waals surface area contributed by atoms with Crippen molar-refractivity contribution in [1.82, 2.24) is 5.32 Å². The zero-order chi connectivity index (χ0) is 17.7. The van der Waals surface area contributed by atoms with E-state index in [9.17, 15) is 13.2 Å². The van der Waals surface area contributed by atoms with Crippen LogP contribution in [0.15, 0.2) is 59.5 Å². The molecule has 0 heterocycles. The lowest BCUT2D eigenvalue weighted by Crippen LogP contribution is -2.35. The van der Waals surface area contributed by atoms with Crippen LogP contribution in [0.3, 0.4) is 0 Å². The fourth-order valence-corrected chi connectivity index (χ4v) is 3.11. The van der Waals surface area contributed by atoms with E-state index in [1.165, 1.54) is 6.26 Å². The highest BCUT2D eigenvalue weighted by Gasteiger charge is 2.21. The van der Waals surface area contributed by atoms with Crippen molar-refractivity contribution in [1.29, 1.82) is 0 Å².